The highest BCUT2D eigenvalue weighted by atomic mass is 32.2. The van der Waals surface area contributed by atoms with Crippen LogP contribution in [0.1, 0.15) is 71.1 Å². The molecular weight excluding hydrogens is 232 g/mol. The van der Waals surface area contributed by atoms with Crippen molar-refractivity contribution < 1.29 is 0 Å². The van der Waals surface area contributed by atoms with Gasteiger partial charge >= 0.3 is 0 Å². The van der Waals surface area contributed by atoms with Gasteiger partial charge in [0.05, 0.1) is 4.58 Å². The first-order valence-electron chi connectivity index (χ1n) is 7.16. The van der Waals surface area contributed by atoms with Crippen molar-refractivity contribution >= 4 is 23.5 Å². The van der Waals surface area contributed by atoms with Crippen molar-refractivity contribution in [2.24, 2.45) is 0 Å². The Labute approximate surface area is 111 Å². The second-order valence-corrected chi connectivity index (χ2v) is 7.71. The quantitative estimate of drug-likeness (QED) is 0.461. The summed E-state index contributed by atoms with van der Waals surface area (Å²) < 4.78 is 0.949. The largest absolute Gasteiger partial charge is 0.147 e. The summed E-state index contributed by atoms with van der Waals surface area (Å²) in [5.74, 6) is 2.79. The lowest BCUT2D eigenvalue weighted by Crippen LogP contribution is -1.91. The fraction of sp³-hybridized carbons (Fsp3) is 1.00. The Morgan fingerprint density at radius 2 is 1.25 bits per heavy atom. The van der Waals surface area contributed by atoms with Crippen LogP contribution in [0.4, 0.5) is 0 Å². The molecule has 0 unspecified atom stereocenters. The molecule has 2 heteroatoms. The molecule has 1 rings (SSSR count). The maximum Gasteiger partial charge on any atom is 0.0503 e. The summed E-state index contributed by atoms with van der Waals surface area (Å²) in [4.78, 5) is 0. The molecule has 1 saturated heterocycles. The molecule has 0 aromatic rings. The summed E-state index contributed by atoms with van der Waals surface area (Å²) in [6.45, 7) is 2.29. The lowest BCUT2D eigenvalue weighted by molar-refractivity contribution is 0.561. The molecule has 0 N–H and O–H groups in total. The van der Waals surface area contributed by atoms with Crippen molar-refractivity contribution in [1.29, 1.82) is 0 Å². The van der Waals surface area contributed by atoms with E-state index in [4.69, 9.17) is 0 Å². The zero-order valence-electron chi connectivity index (χ0n) is 10.9. The smallest absolute Gasteiger partial charge is 0.0503 e. The first-order valence-corrected chi connectivity index (χ1v) is 9.26. The fourth-order valence-electron chi connectivity index (χ4n) is 2.20. The van der Waals surface area contributed by atoms with Crippen LogP contribution in [0.15, 0.2) is 0 Å². The Morgan fingerprint density at radius 3 is 1.81 bits per heavy atom. The van der Waals surface area contributed by atoms with E-state index in [0.29, 0.717) is 0 Å². The molecule has 0 radical (unpaired) electrons. The molecule has 0 bridgehead atoms. The fourth-order valence-corrected chi connectivity index (χ4v) is 5.12. The van der Waals surface area contributed by atoms with Gasteiger partial charge in [-0.25, -0.2) is 0 Å². The zero-order valence-corrected chi connectivity index (χ0v) is 12.5. The molecule has 16 heavy (non-hydrogen) atoms. The molecule has 96 valence electrons. The van der Waals surface area contributed by atoms with Crippen LogP contribution < -0.4 is 0 Å². The van der Waals surface area contributed by atoms with Gasteiger partial charge in [-0.05, 0) is 6.42 Å². The summed E-state index contributed by atoms with van der Waals surface area (Å²) in [6.07, 6.45) is 14.6. The number of unbranched alkanes of at least 4 members (excludes halogenated alkanes) is 8. The minimum atomic E-state index is 0.949. The molecule has 0 saturated carbocycles. The number of hydrogen-bond acceptors (Lipinski definition) is 2. The van der Waals surface area contributed by atoms with Gasteiger partial charge in [-0.1, -0.05) is 64.7 Å². The van der Waals surface area contributed by atoms with E-state index in [2.05, 4.69) is 30.4 Å². The van der Waals surface area contributed by atoms with E-state index in [0.717, 1.165) is 4.58 Å². The molecule has 0 aromatic heterocycles. The van der Waals surface area contributed by atoms with Gasteiger partial charge in [0.2, 0.25) is 0 Å². The van der Waals surface area contributed by atoms with Crippen LogP contribution in [0.3, 0.4) is 0 Å². The number of rotatable bonds is 10. The summed E-state index contributed by atoms with van der Waals surface area (Å²) in [5, 5.41) is 0. The van der Waals surface area contributed by atoms with Crippen molar-refractivity contribution in [3.05, 3.63) is 0 Å². The first-order chi connectivity index (χ1) is 7.93. The van der Waals surface area contributed by atoms with Crippen LogP contribution in [0.2, 0.25) is 0 Å². The molecule has 1 aliphatic heterocycles. The van der Waals surface area contributed by atoms with Crippen molar-refractivity contribution in [3.8, 4) is 0 Å². The topological polar surface area (TPSA) is 0 Å². The van der Waals surface area contributed by atoms with Crippen molar-refractivity contribution in [1.82, 2.24) is 0 Å². The summed E-state index contributed by atoms with van der Waals surface area (Å²) >= 11 is 4.37. The van der Waals surface area contributed by atoms with E-state index in [1.807, 2.05) is 0 Å². The van der Waals surface area contributed by atoms with Gasteiger partial charge in [-0.3, -0.25) is 0 Å². The second-order valence-electron chi connectivity index (χ2n) is 4.79. The third kappa shape index (κ3) is 7.89. The van der Waals surface area contributed by atoms with Crippen LogP contribution in [0.25, 0.3) is 0 Å². The van der Waals surface area contributed by atoms with Crippen molar-refractivity contribution in [2.75, 3.05) is 11.5 Å². The van der Waals surface area contributed by atoms with Gasteiger partial charge < -0.3 is 0 Å². The molecule has 0 aromatic carbocycles. The predicted molar refractivity (Wildman–Crippen MR) is 80.5 cm³/mol. The molecule has 0 atom stereocenters. The zero-order chi connectivity index (χ0) is 11.5. The Kier molecular flexibility index (Phi) is 9.99. The monoisotopic (exact) mass is 260 g/mol. The maximum atomic E-state index is 2.29. The Morgan fingerprint density at radius 1 is 0.750 bits per heavy atom. The van der Waals surface area contributed by atoms with Gasteiger partial charge in [0, 0.05) is 11.5 Å². The van der Waals surface area contributed by atoms with E-state index < -0.39 is 0 Å². The van der Waals surface area contributed by atoms with Crippen LogP contribution in [0.5, 0.6) is 0 Å². The SMILES string of the molecule is CCCCCCCCCCCC1SCCS1. The number of thioether (sulfide) groups is 2. The molecule has 0 spiro atoms. The summed E-state index contributed by atoms with van der Waals surface area (Å²) in [7, 11) is 0. The first kappa shape index (κ1) is 14.8. The maximum absolute atomic E-state index is 2.29. The molecule has 1 fully saturated rings. The third-order valence-electron chi connectivity index (χ3n) is 3.23. The molecule has 0 aliphatic carbocycles. The minimum Gasteiger partial charge on any atom is -0.147 e. The van der Waals surface area contributed by atoms with Gasteiger partial charge in [0.1, 0.15) is 0 Å². The van der Waals surface area contributed by atoms with Gasteiger partial charge in [0.25, 0.3) is 0 Å². The Hall–Kier alpha value is 0.700. The van der Waals surface area contributed by atoms with Crippen LogP contribution in [-0.2, 0) is 0 Å². The average molecular weight is 261 g/mol. The highest BCUT2D eigenvalue weighted by Crippen LogP contribution is 2.35. The predicted octanol–water partition coefficient (Wildman–Crippen LogP) is 5.71. The normalized spacial score (nSPS) is 17.1. The Balaban J connectivity index is 1.71. The van der Waals surface area contributed by atoms with Gasteiger partial charge in [-0.15, -0.1) is 23.5 Å². The Bertz CT molecular complexity index is 142. The molecule has 1 aliphatic rings. The summed E-state index contributed by atoms with van der Waals surface area (Å²) in [5.41, 5.74) is 0. The van der Waals surface area contributed by atoms with Gasteiger partial charge in [-0.2, -0.15) is 0 Å². The number of hydrogen-bond donors (Lipinski definition) is 0. The van der Waals surface area contributed by atoms with Gasteiger partial charge in [0.15, 0.2) is 0 Å². The van der Waals surface area contributed by atoms with Crippen molar-refractivity contribution in [3.63, 3.8) is 0 Å². The van der Waals surface area contributed by atoms with Crippen molar-refractivity contribution in [2.45, 2.75) is 75.7 Å². The van der Waals surface area contributed by atoms with E-state index in [9.17, 15) is 0 Å². The minimum absolute atomic E-state index is 0.949. The average Bonchev–Trinajstić information content (AvgIpc) is 2.80. The standard InChI is InChI=1S/C14H28S2/c1-2-3-4-5-6-7-8-9-10-11-14-15-12-13-16-14/h14H,2-13H2,1H3. The highest BCUT2D eigenvalue weighted by Gasteiger charge is 2.14. The van der Waals surface area contributed by atoms with E-state index in [1.54, 1.807) is 0 Å². The molecule has 0 nitrogen and oxygen atoms in total. The summed E-state index contributed by atoms with van der Waals surface area (Å²) in [6, 6.07) is 0. The van der Waals surface area contributed by atoms with Crippen LogP contribution in [-0.4, -0.2) is 16.1 Å². The molecule has 1 heterocycles. The lowest BCUT2D eigenvalue weighted by atomic mass is 10.1. The second kappa shape index (κ2) is 10.8. The van der Waals surface area contributed by atoms with E-state index in [1.165, 1.54) is 75.7 Å². The van der Waals surface area contributed by atoms with E-state index in [-0.39, 0.29) is 0 Å². The molecule has 0 amide bonds. The lowest BCUT2D eigenvalue weighted by Gasteiger charge is -2.06. The highest BCUT2D eigenvalue weighted by molar-refractivity contribution is 8.20. The van der Waals surface area contributed by atoms with E-state index >= 15 is 0 Å². The van der Waals surface area contributed by atoms with Crippen LogP contribution >= 0.6 is 23.5 Å². The molecular formula is C14H28S2. The third-order valence-corrected chi connectivity index (χ3v) is 6.40. The van der Waals surface area contributed by atoms with Crippen LogP contribution in [0, 0.1) is 0 Å².